The molecule has 13 heteroatoms. The predicted molar refractivity (Wildman–Crippen MR) is 154 cm³/mol. The molecule has 1 fully saturated rings. The Bertz CT molecular complexity index is 1560. The lowest BCUT2D eigenvalue weighted by molar-refractivity contribution is -0.148. The van der Waals surface area contributed by atoms with Crippen LogP contribution in [-0.4, -0.2) is 60.1 Å². The van der Waals surface area contributed by atoms with E-state index < -0.39 is 11.4 Å². The number of carbonyl (C=O) groups is 1. The second kappa shape index (κ2) is 11.5. The van der Waals surface area contributed by atoms with Crippen molar-refractivity contribution < 1.29 is 13.9 Å². The minimum absolute atomic E-state index is 0.107. The maximum atomic E-state index is 13.5. The molecule has 1 amide bonds. The van der Waals surface area contributed by atoms with Crippen LogP contribution in [0.15, 0.2) is 36.8 Å². The summed E-state index contributed by atoms with van der Waals surface area (Å²) in [5.41, 5.74) is 2.79. The average Bonchev–Trinajstić information content (AvgIpc) is 3.64. The van der Waals surface area contributed by atoms with Gasteiger partial charge in [-0.05, 0) is 64.0 Å². The monoisotopic (exact) mass is 574 g/mol. The SMILES string of the molecule is CO[C@]1(C(=O)N[C@@H](C)c2ccc(-n3cc(F)cn3)nc2)CC[C@H](c2nc3c(c(Nc4cc(C)[nH]n4)n2)NCCC3)CC1. The summed E-state index contributed by atoms with van der Waals surface area (Å²) in [4.78, 5) is 27.8. The highest BCUT2D eigenvalue weighted by atomic mass is 19.1. The number of hydrogen-bond acceptors (Lipinski definition) is 9. The second-order valence-corrected chi connectivity index (χ2v) is 11.1. The van der Waals surface area contributed by atoms with Gasteiger partial charge in [0.15, 0.2) is 23.3 Å². The summed E-state index contributed by atoms with van der Waals surface area (Å²) in [5.74, 6) is 2.24. The molecule has 1 atom stereocenters. The first kappa shape index (κ1) is 27.8. The number of aromatic nitrogens is 7. The number of halogens is 1. The van der Waals surface area contributed by atoms with E-state index in [1.807, 2.05) is 26.0 Å². The summed E-state index contributed by atoms with van der Waals surface area (Å²) in [6.07, 6.45) is 8.49. The Kier molecular flexibility index (Phi) is 7.58. The first-order chi connectivity index (χ1) is 20.3. The molecule has 1 aliphatic carbocycles. The normalized spacial score (nSPS) is 20.8. The fourth-order valence-electron chi connectivity index (χ4n) is 5.73. The third-order valence-corrected chi connectivity index (χ3v) is 8.21. The Morgan fingerprint density at radius 1 is 1.24 bits per heavy atom. The van der Waals surface area contributed by atoms with Crippen molar-refractivity contribution in [3.63, 3.8) is 0 Å². The number of H-pyrrole nitrogens is 1. The lowest BCUT2D eigenvalue weighted by atomic mass is 9.77. The molecular weight excluding hydrogens is 539 g/mol. The van der Waals surface area contributed by atoms with E-state index in [0.717, 1.165) is 72.7 Å². The number of rotatable bonds is 8. The molecule has 0 bridgehead atoms. The van der Waals surface area contributed by atoms with Crippen LogP contribution in [0.3, 0.4) is 0 Å². The van der Waals surface area contributed by atoms with Crippen LogP contribution < -0.4 is 16.0 Å². The first-order valence-electron chi connectivity index (χ1n) is 14.3. The fourth-order valence-corrected chi connectivity index (χ4v) is 5.73. The molecule has 6 rings (SSSR count). The van der Waals surface area contributed by atoms with Crippen molar-refractivity contribution >= 4 is 23.2 Å². The van der Waals surface area contributed by atoms with E-state index in [1.165, 1.54) is 10.9 Å². The van der Waals surface area contributed by atoms with Crippen LogP contribution in [0.1, 0.15) is 73.8 Å². The number of methoxy groups -OCH3 is 1. The number of amides is 1. The van der Waals surface area contributed by atoms with E-state index >= 15 is 0 Å². The van der Waals surface area contributed by atoms with E-state index in [4.69, 9.17) is 14.7 Å². The van der Waals surface area contributed by atoms with Gasteiger partial charge in [-0.2, -0.15) is 10.2 Å². The van der Waals surface area contributed by atoms with Crippen molar-refractivity contribution in [1.82, 2.24) is 40.2 Å². The van der Waals surface area contributed by atoms with Gasteiger partial charge in [-0.15, -0.1) is 0 Å². The lowest BCUT2D eigenvalue weighted by Gasteiger charge is -2.38. The number of fused-ring (bicyclic) bond motifs is 1. The number of nitrogens with one attached hydrogen (secondary N) is 4. The summed E-state index contributed by atoms with van der Waals surface area (Å²) >= 11 is 0. The zero-order valence-electron chi connectivity index (χ0n) is 23.9. The third-order valence-electron chi connectivity index (χ3n) is 8.21. The zero-order chi connectivity index (χ0) is 29.3. The van der Waals surface area contributed by atoms with E-state index in [2.05, 4.69) is 36.2 Å². The number of ether oxygens (including phenoxy) is 1. The van der Waals surface area contributed by atoms with Gasteiger partial charge in [-0.1, -0.05) is 6.07 Å². The Labute approximate surface area is 242 Å². The lowest BCUT2D eigenvalue weighted by Crippen LogP contribution is -2.51. The average molecular weight is 575 g/mol. The number of aromatic amines is 1. The van der Waals surface area contributed by atoms with Gasteiger partial charge in [-0.25, -0.2) is 24.0 Å². The zero-order valence-corrected chi connectivity index (χ0v) is 23.9. The van der Waals surface area contributed by atoms with Crippen LogP contribution in [-0.2, 0) is 16.0 Å². The highest BCUT2D eigenvalue weighted by Crippen LogP contribution is 2.41. The van der Waals surface area contributed by atoms with Crippen molar-refractivity contribution in [3.8, 4) is 5.82 Å². The molecule has 1 aliphatic heterocycles. The number of anilines is 3. The summed E-state index contributed by atoms with van der Waals surface area (Å²) < 4.78 is 20.6. The minimum atomic E-state index is -0.936. The van der Waals surface area contributed by atoms with E-state index in [9.17, 15) is 9.18 Å². The topological polar surface area (TPSA) is 148 Å². The number of carbonyl (C=O) groups excluding carboxylic acids is 1. The van der Waals surface area contributed by atoms with Crippen molar-refractivity contribution in [3.05, 3.63) is 65.4 Å². The van der Waals surface area contributed by atoms with Gasteiger partial charge in [0.1, 0.15) is 11.4 Å². The second-order valence-electron chi connectivity index (χ2n) is 11.1. The highest BCUT2D eigenvalue weighted by Gasteiger charge is 2.43. The van der Waals surface area contributed by atoms with Gasteiger partial charge in [-0.3, -0.25) is 9.89 Å². The van der Waals surface area contributed by atoms with Crippen LogP contribution in [0.4, 0.5) is 21.7 Å². The molecule has 2 aliphatic rings. The van der Waals surface area contributed by atoms with Crippen LogP contribution in [0.2, 0.25) is 0 Å². The molecule has 12 nitrogen and oxygen atoms in total. The minimum Gasteiger partial charge on any atom is -0.381 e. The van der Waals surface area contributed by atoms with Crippen molar-refractivity contribution in [2.24, 2.45) is 0 Å². The maximum absolute atomic E-state index is 13.5. The molecule has 0 saturated heterocycles. The molecule has 220 valence electrons. The maximum Gasteiger partial charge on any atom is 0.252 e. The van der Waals surface area contributed by atoms with Gasteiger partial charge in [0, 0.05) is 37.5 Å². The van der Waals surface area contributed by atoms with Gasteiger partial charge >= 0.3 is 0 Å². The smallest absolute Gasteiger partial charge is 0.252 e. The number of pyridine rings is 1. The molecule has 4 N–H and O–H groups in total. The van der Waals surface area contributed by atoms with Crippen molar-refractivity contribution in [1.29, 1.82) is 0 Å². The Balaban J connectivity index is 1.13. The Hall–Kier alpha value is -4.39. The van der Waals surface area contributed by atoms with Gasteiger partial charge in [0.2, 0.25) is 0 Å². The molecule has 42 heavy (non-hydrogen) atoms. The first-order valence-corrected chi connectivity index (χ1v) is 14.3. The van der Waals surface area contributed by atoms with Crippen LogP contribution in [0.25, 0.3) is 5.82 Å². The van der Waals surface area contributed by atoms with E-state index in [-0.39, 0.29) is 17.9 Å². The number of hydrogen-bond donors (Lipinski definition) is 4. The molecule has 5 heterocycles. The van der Waals surface area contributed by atoms with Crippen LogP contribution in [0.5, 0.6) is 0 Å². The van der Waals surface area contributed by atoms with E-state index in [0.29, 0.717) is 24.5 Å². The highest BCUT2D eigenvalue weighted by molar-refractivity contribution is 5.85. The summed E-state index contributed by atoms with van der Waals surface area (Å²) in [5, 5.41) is 21.1. The Morgan fingerprint density at radius 3 is 2.74 bits per heavy atom. The molecule has 0 spiro atoms. The van der Waals surface area contributed by atoms with Crippen LogP contribution >= 0.6 is 0 Å². The molecule has 0 radical (unpaired) electrons. The Morgan fingerprint density at radius 2 is 2.07 bits per heavy atom. The number of aryl methyl sites for hydroxylation is 2. The quantitative estimate of drug-likeness (QED) is 0.242. The van der Waals surface area contributed by atoms with Gasteiger partial charge in [0.25, 0.3) is 5.91 Å². The summed E-state index contributed by atoms with van der Waals surface area (Å²) in [7, 11) is 1.60. The summed E-state index contributed by atoms with van der Waals surface area (Å²) in [6.45, 7) is 4.74. The van der Waals surface area contributed by atoms with Gasteiger partial charge in [0.05, 0.1) is 29.8 Å². The van der Waals surface area contributed by atoms with Gasteiger partial charge < -0.3 is 20.7 Å². The molecule has 4 aromatic heterocycles. The van der Waals surface area contributed by atoms with Crippen molar-refractivity contribution in [2.45, 2.75) is 69.9 Å². The molecular formula is C29H35FN10O2. The van der Waals surface area contributed by atoms with E-state index in [1.54, 1.807) is 19.4 Å². The molecule has 1 saturated carbocycles. The molecule has 0 aromatic carbocycles. The summed E-state index contributed by atoms with van der Waals surface area (Å²) in [6, 6.07) is 5.23. The third kappa shape index (κ3) is 5.56. The number of nitrogens with zero attached hydrogens (tertiary/aromatic N) is 6. The molecule has 0 unspecified atom stereocenters. The largest absolute Gasteiger partial charge is 0.381 e. The standard InChI is InChI=1S/C29H35FN10O2/c1-17-13-23(39-38-17)36-27-25-22(5-4-12-31-25)35-26(37-27)19-8-10-29(42-3,11-9-19)28(41)34-18(2)20-6-7-24(32-14-20)40-16-21(30)15-33-40/h6-7,13-16,18-19,31H,4-5,8-12H2,1-3H3,(H,34,41)(H2,35,36,37,38,39)/t18-,19-,29+/m0/s1. The predicted octanol–water partition coefficient (Wildman–Crippen LogP) is 4.25. The molecule has 4 aromatic rings. The fraction of sp³-hybridized carbons (Fsp3) is 0.448. The van der Waals surface area contributed by atoms with Crippen LogP contribution in [0, 0.1) is 12.7 Å². The van der Waals surface area contributed by atoms with Crippen molar-refractivity contribution in [2.75, 3.05) is 24.3 Å².